The molecule has 0 aliphatic carbocycles. The standard InChI is InChI=1S/C11H15N3S/c1-4-11(2,3)14-10-9-8(5-6-15-9)12-7-13-10/h5-7H,4H2,1-3H3,(H,12,13,14). The lowest BCUT2D eigenvalue weighted by Gasteiger charge is -2.25. The van der Waals surface area contributed by atoms with Gasteiger partial charge in [-0.2, -0.15) is 0 Å². The van der Waals surface area contributed by atoms with Crippen LogP contribution in [0, 0.1) is 0 Å². The molecule has 2 aromatic rings. The van der Waals surface area contributed by atoms with Crippen LogP contribution in [0.5, 0.6) is 0 Å². The first kappa shape index (κ1) is 10.4. The summed E-state index contributed by atoms with van der Waals surface area (Å²) in [6.07, 6.45) is 2.67. The highest BCUT2D eigenvalue weighted by Crippen LogP contribution is 2.27. The molecule has 0 unspecified atom stereocenters. The molecule has 0 fully saturated rings. The van der Waals surface area contributed by atoms with E-state index >= 15 is 0 Å². The number of aromatic nitrogens is 2. The predicted octanol–water partition coefficient (Wildman–Crippen LogP) is 3.29. The smallest absolute Gasteiger partial charge is 0.147 e. The molecule has 15 heavy (non-hydrogen) atoms. The second kappa shape index (κ2) is 3.77. The lowest BCUT2D eigenvalue weighted by atomic mass is 10.0. The van der Waals surface area contributed by atoms with Crippen molar-refractivity contribution in [1.82, 2.24) is 9.97 Å². The minimum Gasteiger partial charge on any atom is -0.364 e. The van der Waals surface area contributed by atoms with Crippen LogP contribution >= 0.6 is 11.3 Å². The maximum atomic E-state index is 4.30. The minimum absolute atomic E-state index is 0.0747. The maximum Gasteiger partial charge on any atom is 0.147 e. The maximum absolute atomic E-state index is 4.30. The van der Waals surface area contributed by atoms with Gasteiger partial charge in [0.1, 0.15) is 12.1 Å². The largest absolute Gasteiger partial charge is 0.364 e. The fraction of sp³-hybridized carbons (Fsp3) is 0.455. The summed E-state index contributed by atoms with van der Waals surface area (Å²) < 4.78 is 1.14. The van der Waals surface area contributed by atoms with E-state index in [1.807, 2.05) is 11.4 Å². The zero-order chi connectivity index (χ0) is 10.9. The number of thiophene rings is 1. The summed E-state index contributed by atoms with van der Waals surface area (Å²) in [4.78, 5) is 8.52. The average Bonchev–Trinajstić information content (AvgIpc) is 2.66. The first-order valence-corrected chi connectivity index (χ1v) is 5.97. The predicted molar refractivity (Wildman–Crippen MR) is 65.4 cm³/mol. The first-order chi connectivity index (χ1) is 7.12. The van der Waals surface area contributed by atoms with E-state index in [0.717, 1.165) is 22.5 Å². The monoisotopic (exact) mass is 221 g/mol. The molecule has 3 nitrogen and oxygen atoms in total. The number of nitrogens with one attached hydrogen (secondary N) is 1. The molecule has 0 amide bonds. The number of nitrogens with zero attached hydrogens (tertiary/aromatic N) is 2. The summed E-state index contributed by atoms with van der Waals surface area (Å²) in [6, 6.07) is 2.02. The highest BCUT2D eigenvalue weighted by Gasteiger charge is 2.16. The van der Waals surface area contributed by atoms with Gasteiger partial charge in [-0.05, 0) is 31.7 Å². The molecule has 4 heteroatoms. The van der Waals surface area contributed by atoms with E-state index < -0.39 is 0 Å². The molecule has 0 saturated carbocycles. The van der Waals surface area contributed by atoms with Crippen LogP contribution in [0.1, 0.15) is 27.2 Å². The van der Waals surface area contributed by atoms with Crippen LogP contribution in [0.15, 0.2) is 17.8 Å². The van der Waals surface area contributed by atoms with Crippen molar-refractivity contribution in [2.24, 2.45) is 0 Å². The van der Waals surface area contributed by atoms with E-state index in [2.05, 4.69) is 36.1 Å². The zero-order valence-electron chi connectivity index (χ0n) is 9.24. The Morgan fingerprint density at radius 2 is 2.20 bits per heavy atom. The number of hydrogen-bond acceptors (Lipinski definition) is 4. The second-order valence-electron chi connectivity index (χ2n) is 4.22. The van der Waals surface area contributed by atoms with Gasteiger partial charge in [-0.1, -0.05) is 6.92 Å². The van der Waals surface area contributed by atoms with Crippen molar-refractivity contribution in [2.75, 3.05) is 5.32 Å². The van der Waals surface area contributed by atoms with Crippen LogP contribution in [0.3, 0.4) is 0 Å². The van der Waals surface area contributed by atoms with Gasteiger partial charge in [-0.25, -0.2) is 9.97 Å². The molecule has 2 heterocycles. The third-order valence-electron chi connectivity index (χ3n) is 2.58. The summed E-state index contributed by atoms with van der Waals surface area (Å²) in [6.45, 7) is 6.52. The van der Waals surface area contributed by atoms with Gasteiger partial charge < -0.3 is 5.32 Å². The molecule has 80 valence electrons. The fourth-order valence-corrected chi connectivity index (χ4v) is 2.08. The van der Waals surface area contributed by atoms with Gasteiger partial charge in [0.2, 0.25) is 0 Å². The molecule has 0 aliphatic rings. The Hall–Kier alpha value is -1.16. The Kier molecular flexibility index (Phi) is 2.61. The van der Waals surface area contributed by atoms with E-state index in [9.17, 15) is 0 Å². The Balaban J connectivity index is 2.39. The van der Waals surface area contributed by atoms with Gasteiger partial charge in [0.15, 0.2) is 0 Å². The van der Waals surface area contributed by atoms with Crippen LogP contribution in [-0.2, 0) is 0 Å². The van der Waals surface area contributed by atoms with Crippen LogP contribution < -0.4 is 5.32 Å². The summed E-state index contributed by atoms with van der Waals surface area (Å²) in [5.41, 5.74) is 1.09. The van der Waals surface area contributed by atoms with E-state index in [0.29, 0.717) is 0 Å². The number of rotatable bonds is 3. The van der Waals surface area contributed by atoms with Crippen molar-refractivity contribution in [1.29, 1.82) is 0 Å². The Morgan fingerprint density at radius 1 is 1.40 bits per heavy atom. The molecule has 1 N–H and O–H groups in total. The minimum atomic E-state index is 0.0747. The zero-order valence-corrected chi connectivity index (χ0v) is 10.1. The van der Waals surface area contributed by atoms with E-state index in [1.165, 1.54) is 0 Å². The summed E-state index contributed by atoms with van der Waals surface area (Å²) in [5, 5.41) is 5.50. The van der Waals surface area contributed by atoms with Gasteiger partial charge in [-0.3, -0.25) is 0 Å². The Bertz CT molecular complexity index is 462. The van der Waals surface area contributed by atoms with Crippen molar-refractivity contribution in [3.8, 4) is 0 Å². The summed E-state index contributed by atoms with van der Waals surface area (Å²) in [7, 11) is 0. The third-order valence-corrected chi connectivity index (χ3v) is 3.49. The molecule has 0 aromatic carbocycles. The summed E-state index contributed by atoms with van der Waals surface area (Å²) in [5.74, 6) is 0.946. The molecule has 2 aromatic heterocycles. The molecule has 0 aliphatic heterocycles. The second-order valence-corrected chi connectivity index (χ2v) is 5.14. The summed E-state index contributed by atoms with van der Waals surface area (Å²) >= 11 is 1.68. The lowest BCUT2D eigenvalue weighted by molar-refractivity contribution is 0.546. The first-order valence-electron chi connectivity index (χ1n) is 5.09. The van der Waals surface area contributed by atoms with E-state index in [4.69, 9.17) is 0 Å². The van der Waals surface area contributed by atoms with E-state index in [-0.39, 0.29) is 5.54 Å². The molecule has 0 radical (unpaired) electrons. The van der Waals surface area contributed by atoms with Crippen LogP contribution in [0.4, 0.5) is 5.82 Å². The third kappa shape index (κ3) is 2.09. The van der Waals surface area contributed by atoms with Gasteiger partial charge in [-0.15, -0.1) is 11.3 Å². The highest BCUT2D eigenvalue weighted by atomic mass is 32.1. The number of anilines is 1. The number of fused-ring (bicyclic) bond motifs is 1. The van der Waals surface area contributed by atoms with Crippen molar-refractivity contribution >= 4 is 27.4 Å². The van der Waals surface area contributed by atoms with Crippen LogP contribution in [-0.4, -0.2) is 15.5 Å². The SMILES string of the molecule is CCC(C)(C)Nc1ncnc2ccsc12. The van der Waals surface area contributed by atoms with E-state index in [1.54, 1.807) is 17.7 Å². The number of hydrogen-bond donors (Lipinski definition) is 1. The van der Waals surface area contributed by atoms with Gasteiger partial charge in [0.05, 0.1) is 10.2 Å². The lowest BCUT2D eigenvalue weighted by Crippen LogP contribution is -2.30. The van der Waals surface area contributed by atoms with Gasteiger partial charge in [0.25, 0.3) is 0 Å². The Labute approximate surface area is 93.6 Å². The van der Waals surface area contributed by atoms with Crippen molar-refractivity contribution in [3.05, 3.63) is 17.8 Å². The van der Waals surface area contributed by atoms with Crippen LogP contribution in [0.2, 0.25) is 0 Å². The molecule has 0 bridgehead atoms. The topological polar surface area (TPSA) is 37.8 Å². The quantitative estimate of drug-likeness (QED) is 0.864. The van der Waals surface area contributed by atoms with Crippen molar-refractivity contribution in [2.45, 2.75) is 32.7 Å². The molecule has 0 saturated heterocycles. The Morgan fingerprint density at radius 3 is 2.93 bits per heavy atom. The van der Waals surface area contributed by atoms with Crippen molar-refractivity contribution in [3.63, 3.8) is 0 Å². The molecule has 2 rings (SSSR count). The van der Waals surface area contributed by atoms with Gasteiger partial charge >= 0.3 is 0 Å². The van der Waals surface area contributed by atoms with Crippen LogP contribution in [0.25, 0.3) is 10.2 Å². The molecule has 0 spiro atoms. The molecular formula is C11H15N3S. The normalized spacial score (nSPS) is 11.9. The van der Waals surface area contributed by atoms with Gasteiger partial charge in [0, 0.05) is 5.54 Å². The molecular weight excluding hydrogens is 206 g/mol. The molecule has 0 atom stereocenters. The fourth-order valence-electron chi connectivity index (χ4n) is 1.29. The average molecular weight is 221 g/mol. The highest BCUT2D eigenvalue weighted by molar-refractivity contribution is 7.17. The van der Waals surface area contributed by atoms with Crippen molar-refractivity contribution < 1.29 is 0 Å².